The first-order valence-electron chi connectivity index (χ1n) is 7.92. The fourth-order valence-corrected chi connectivity index (χ4v) is 3.02. The molecule has 6 heteroatoms. The Labute approximate surface area is 141 Å². The first kappa shape index (κ1) is 16.2. The van der Waals surface area contributed by atoms with Crippen molar-refractivity contribution < 1.29 is 14.3 Å². The number of aromatic nitrogens is 2. The zero-order valence-electron chi connectivity index (χ0n) is 14.2. The lowest BCUT2D eigenvalue weighted by atomic mass is 9.97. The molecular formula is C18H21N3O3. The third-order valence-electron chi connectivity index (χ3n) is 4.35. The molecule has 6 nitrogen and oxygen atoms in total. The summed E-state index contributed by atoms with van der Waals surface area (Å²) in [4.78, 5) is 22.7. The van der Waals surface area contributed by atoms with Crippen LogP contribution in [-0.2, 0) is 0 Å². The molecule has 0 aliphatic carbocycles. The van der Waals surface area contributed by atoms with E-state index >= 15 is 0 Å². The van der Waals surface area contributed by atoms with Crippen LogP contribution in [0.3, 0.4) is 0 Å². The third-order valence-corrected chi connectivity index (χ3v) is 4.35. The second-order valence-electron chi connectivity index (χ2n) is 5.89. The molecule has 3 rings (SSSR count). The number of nitrogens with zero attached hydrogens (tertiary/aromatic N) is 3. The van der Waals surface area contributed by atoms with Crippen LogP contribution in [0.4, 0.5) is 0 Å². The summed E-state index contributed by atoms with van der Waals surface area (Å²) >= 11 is 0. The van der Waals surface area contributed by atoms with E-state index in [0.717, 1.165) is 29.2 Å². The minimum Gasteiger partial charge on any atom is -0.497 e. The van der Waals surface area contributed by atoms with Gasteiger partial charge in [-0.05, 0) is 31.5 Å². The average Bonchev–Trinajstić information content (AvgIpc) is 3.11. The summed E-state index contributed by atoms with van der Waals surface area (Å²) in [5.74, 6) is 1.76. The van der Waals surface area contributed by atoms with Crippen molar-refractivity contribution in [3.63, 3.8) is 0 Å². The minimum absolute atomic E-state index is 0.0770. The number of hydrogen-bond donors (Lipinski definition) is 0. The van der Waals surface area contributed by atoms with E-state index in [9.17, 15) is 4.79 Å². The van der Waals surface area contributed by atoms with Crippen LogP contribution in [0.15, 0.2) is 30.6 Å². The molecule has 1 aromatic heterocycles. The lowest BCUT2D eigenvalue weighted by Gasteiger charge is -2.18. The van der Waals surface area contributed by atoms with E-state index < -0.39 is 0 Å². The molecular weight excluding hydrogens is 306 g/mol. The number of rotatable bonds is 4. The van der Waals surface area contributed by atoms with Crippen molar-refractivity contribution in [3.05, 3.63) is 47.5 Å². The van der Waals surface area contributed by atoms with Crippen LogP contribution in [0.5, 0.6) is 11.5 Å². The Morgan fingerprint density at radius 1 is 1.21 bits per heavy atom. The van der Waals surface area contributed by atoms with Crippen molar-refractivity contribution in [2.24, 2.45) is 0 Å². The van der Waals surface area contributed by atoms with Crippen LogP contribution < -0.4 is 9.47 Å². The van der Waals surface area contributed by atoms with Gasteiger partial charge in [-0.1, -0.05) is 0 Å². The second-order valence-corrected chi connectivity index (χ2v) is 5.89. The van der Waals surface area contributed by atoms with Crippen LogP contribution in [0.25, 0.3) is 0 Å². The number of ether oxygens (including phenoxy) is 2. The molecule has 0 radical (unpaired) electrons. The Morgan fingerprint density at radius 3 is 2.71 bits per heavy atom. The molecule has 1 aliphatic heterocycles. The van der Waals surface area contributed by atoms with E-state index in [0.29, 0.717) is 18.8 Å². The molecule has 126 valence electrons. The molecule has 0 saturated carbocycles. The molecule has 1 aliphatic rings. The van der Waals surface area contributed by atoms with Crippen molar-refractivity contribution in [2.45, 2.75) is 19.3 Å². The number of hydrogen-bond acceptors (Lipinski definition) is 5. The predicted octanol–water partition coefficient (Wildman–Crippen LogP) is 2.43. The Hall–Kier alpha value is -2.63. The van der Waals surface area contributed by atoms with Gasteiger partial charge in [-0.3, -0.25) is 9.78 Å². The molecule has 1 fully saturated rings. The first-order chi connectivity index (χ1) is 11.6. The number of aryl methyl sites for hydroxylation is 1. The van der Waals surface area contributed by atoms with Gasteiger partial charge in [0, 0.05) is 30.8 Å². The van der Waals surface area contributed by atoms with Crippen molar-refractivity contribution in [1.82, 2.24) is 14.9 Å². The highest BCUT2D eigenvalue weighted by Gasteiger charge is 2.30. The maximum Gasteiger partial charge on any atom is 0.274 e. The molecule has 1 aromatic carbocycles. The summed E-state index contributed by atoms with van der Waals surface area (Å²) in [6.45, 7) is 3.18. The van der Waals surface area contributed by atoms with Crippen LogP contribution >= 0.6 is 0 Å². The van der Waals surface area contributed by atoms with Gasteiger partial charge in [0.05, 0.1) is 26.1 Å². The Morgan fingerprint density at radius 2 is 2.04 bits per heavy atom. The molecule has 2 aromatic rings. The van der Waals surface area contributed by atoms with E-state index in [1.54, 1.807) is 20.4 Å². The van der Waals surface area contributed by atoms with Gasteiger partial charge in [0.1, 0.15) is 17.2 Å². The summed E-state index contributed by atoms with van der Waals surface area (Å²) in [5.41, 5.74) is 2.26. The van der Waals surface area contributed by atoms with Crippen molar-refractivity contribution in [1.29, 1.82) is 0 Å². The van der Waals surface area contributed by atoms with Crippen LogP contribution in [0, 0.1) is 6.92 Å². The fourth-order valence-electron chi connectivity index (χ4n) is 3.02. The van der Waals surface area contributed by atoms with Gasteiger partial charge in [-0.25, -0.2) is 4.98 Å². The maximum atomic E-state index is 12.6. The highest BCUT2D eigenvalue weighted by molar-refractivity contribution is 5.92. The third kappa shape index (κ3) is 3.18. The van der Waals surface area contributed by atoms with E-state index in [1.807, 2.05) is 30.0 Å². The molecule has 0 unspecified atom stereocenters. The van der Waals surface area contributed by atoms with Gasteiger partial charge in [0.15, 0.2) is 0 Å². The second kappa shape index (κ2) is 6.86. The maximum absolute atomic E-state index is 12.6. The fraction of sp³-hybridized carbons (Fsp3) is 0.389. The summed E-state index contributed by atoms with van der Waals surface area (Å²) in [6, 6.07) is 5.77. The molecule has 0 spiro atoms. The van der Waals surface area contributed by atoms with Gasteiger partial charge in [0.2, 0.25) is 0 Å². The Balaban J connectivity index is 1.78. The normalized spacial score (nSPS) is 17.0. The van der Waals surface area contributed by atoms with Gasteiger partial charge in [0.25, 0.3) is 5.91 Å². The van der Waals surface area contributed by atoms with Crippen molar-refractivity contribution >= 4 is 5.91 Å². The molecule has 24 heavy (non-hydrogen) atoms. The summed E-state index contributed by atoms with van der Waals surface area (Å²) < 4.78 is 10.8. The first-order valence-corrected chi connectivity index (χ1v) is 7.92. The molecule has 0 N–H and O–H groups in total. The molecule has 1 saturated heterocycles. The van der Waals surface area contributed by atoms with Gasteiger partial charge >= 0.3 is 0 Å². The van der Waals surface area contributed by atoms with E-state index in [1.165, 1.54) is 6.20 Å². The largest absolute Gasteiger partial charge is 0.497 e. The zero-order valence-corrected chi connectivity index (χ0v) is 14.2. The van der Waals surface area contributed by atoms with Gasteiger partial charge in [-0.15, -0.1) is 0 Å². The van der Waals surface area contributed by atoms with Crippen molar-refractivity contribution in [2.75, 3.05) is 27.3 Å². The average molecular weight is 327 g/mol. The van der Waals surface area contributed by atoms with Crippen molar-refractivity contribution in [3.8, 4) is 11.5 Å². The van der Waals surface area contributed by atoms with Gasteiger partial charge < -0.3 is 14.4 Å². The molecule has 1 amide bonds. The SMILES string of the molecule is COc1ccc(OC)c([C@@H]2CCN(C(=O)c3cnc(C)cn3)C2)c1. The molecule has 2 heterocycles. The topological polar surface area (TPSA) is 64.6 Å². The van der Waals surface area contributed by atoms with E-state index in [4.69, 9.17) is 9.47 Å². The molecule has 0 bridgehead atoms. The lowest BCUT2D eigenvalue weighted by Crippen LogP contribution is -2.29. The smallest absolute Gasteiger partial charge is 0.274 e. The van der Waals surface area contributed by atoms with E-state index in [-0.39, 0.29) is 11.8 Å². The monoisotopic (exact) mass is 327 g/mol. The number of likely N-dealkylation sites (tertiary alicyclic amines) is 1. The lowest BCUT2D eigenvalue weighted by molar-refractivity contribution is 0.0784. The highest BCUT2D eigenvalue weighted by Crippen LogP contribution is 2.36. The number of amides is 1. The summed E-state index contributed by atoms with van der Waals surface area (Å²) in [6.07, 6.45) is 4.04. The van der Waals surface area contributed by atoms with Gasteiger partial charge in [-0.2, -0.15) is 0 Å². The quantitative estimate of drug-likeness (QED) is 0.863. The number of benzene rings is 1. The van der Waals surface area contributed by atoms with Crippen LogP contribution in [-0.4, -0.2) is 48.1 Å². The Bertz CT molecular complexity index is 731. The van der Waals surface area contributed by atoms with E-state index in [2.05, 4.69) is 9.97 Å². The Kier molecular flexibility index (Phi) is 4.64. The minimum atomic E-state index is -0.0770. The zero-order chi connectivity index (χ0) is 17.1. The summed E-state index contributed by atoms with van der Waals surface area (Å²) in [7, 11) is 3.30. The standard InChI is InChI=1S/C18H21N3O3/c1-12-9-20-16(10-19-12)18(22)21-7-6-13(11-21)15-8-14(23-2)4-5-17(15)24-3/h4-5,8-10,13H,6-7,11H2,1-3H3/t13-/m1/s1. The number of methoxy groups -OCH3 is 2. The van der Waals surface area contributed by atoms with Crippen LogP contribution in [0.2, 0.25) is 0 Å². The molecule has 1 atom stereocenters. The number of carbonyl (C=O) groups excluding carboxylic acids is 1. The summed E-state index contributed by atoms with van der Waals surface area (Å²) in [5, 5.41) is 0. The highest BCUT2D eigenvalue weighted by atomic mass is 16.5. The van der Waals surface area contributed by atoms with Crippen LogP contribution in [0.1, 0.15) is 34.1 Å². The number of carbonyl (C=O) groups is 1. The predicted molar refractivity (Wildman–Crippen MR) is 89.6 cm³/mol.